The van der Waals surface area contributed by atoms with E-state index in [2.05, 4.69) is 58.1 Å². The molecule has 0 saturated heterocycles. The van der Waals surface area contributed by atoms with Gasteiger partial charge < -0.3 is 10.8 Å². The number of hydrogen-bond donors (Lipinski definition) is 4. The summed E-state index contributed by atoms with van der Waals surface area (Å²) in [5.41, 5.74) is 9.49. The van der Waals surface area contributed by atoms with Crippen molar-refractivity contribution in [1.29, 1.82) is 0 Å². The van der Waals surface area contributed by atoms with Crippen molar-refractivity contribution >= 4 is 7.32 Å². The third-order valence-corrected chi connectivity index (χ3v) is 2.70. The molecule has 2 rings (SSSR count). The molecule has 21 heavy (non-hydrogen) atoms. The van der Waals surface area contributed by atoms with E-state index in [1.54, 1.807) is 0 Å². The van der Waals surface area contributed by atoms with Gasteiger partial charge in [0, 0.05) is 0 Å². The Morgan fingerprint density at radius 3 is 2.00 bits per heavy atom. The normalized spacial score (nSPS) is 9.71. The van der Waals surface area contributed by atoms with Crippen LogP contribution in [0.1, 0.15) is 5.56 Å². The molecule has 0 atom stereocenters. The summed E-state index contributed by atoms with van der Waals surface area (Å²) < 4.78 is 0. The van der Waals surface area contributed by atoms with Crippen molar-refractivity contribution in [2.45, 2.75) is 6.42 Å². The van der Waals surface area contributed by atoms with Crippen molar-refractivity contribution in [3.05, 3.63) is 60.2 Å². The predicted molar refractivity (Wildman–Crippen MR) is 80.0 cm³/mol. The van der Waals surface area contributed by atoms with Crippen LogP contribution in [0.15, 0.2) is 54.6 Å². The van der Waals surface area contributed by atoms with E-state index in [1.165, 1.54) is 16.7 Å². The Balaban J connectivity index is 0.000000315. The SMILES string of the molecule is NCCc1ccccc1-c1ccccc1.OOB(O)OO. The Kier molecular flexibility index (Phi) is 8.29. The van der Waals surface area contributed by atoms with Gasteiger partial charge in [-0.15, -0.1) is 0 Å². The van der Waals surface area contributed by atoms with Gasteiger partial charge >= 0.3 is 7.32 Å². The van der Waals surface area contributed by atoms with Crippen LogP contribution in [0.3, 0.4) is 0 Å². The topological polar surface area (TPSA) is 105 Å². The molecule has 0 amide bonds. The van der Waals surface area contributed by atoms with E-state index in [0.29, 0.717) is 6.54 Å². The second-order valence-electron chi connectivity index (χ2n) is 4.08. The van der Waals surface area contributed by atoms with Crippen LogP contribution in [0.4, 0.5) is 0 Å². The molecule has 0 aliphatic heterocycles. The molecule has 0 heterocycles. The van der Waals surface area contributed by atoms with E-state index in [9.17, 15) is 0 Å². The first-order valence-electron chi connectivity index (χ1n) is 6.34. The monoisotopic (exact) mass is 291 g/mol. The van der Waals surface area contributed by atoms with Crippen molar-refractivity contribution in [2.75, 3.05) is 6.54 Å². The molecule has 0 saturated carbocycles. The smallest absolute Gasteiger partial charge is 0.399 e. The molecule has 0 aliphatic rings. The minimum absolute atomic E-state index is 0.698. The van der Waals surface area contributed by atoms with Gasteiger partial charge in [0.15, 0.2) is 0 Å². The molecular formula is C14H18BNO5. The van der Waals surface area contributed by atoms with Crippen molar-refractivity contribution < 1.29 is 25.1 Å². The summed E-state index contributed by atoms with van der Waals surface area (Å²) in [4.78, 5) is 5.97. The quantitative estimate of drug-likeness (QED) is 0.380. The van der Waals surface area contributed by atoms with Crippen molar-refractivity contribution in [3.63, 3.8) is 0 Å². The zero-order valence-electron chi connectivity index (χ0n) is 11.4. The van der Waals surface area contributed by atoms with Crippen molar-refractivity contribution in [3.8, 4) is 11.1 Å². The van der Waals surface area contributed by atoms with Gasteiger partial charge in [-0.25, -0.2) is 9.61 Å². The molecule has 0 unspecified atom stereocenters. The Hall–Kier alpha value is -1.74. The van der Waals surface area contributed by atoms with Crippen LogP contribution in [-0.4, -0.2) is 29.4 Å². The summed E-state index contributed by atoms with van der Waals surface area (Å²) in [5, 5.41) is 22.3. The summed E-state index contributed by atoms with van der Waals surface area (Å²) in [6.45, 7) is 0.698. The predicted octanol–water partition coefficient (Wildman–Crippen LogP) is 1.80. The van der Waals surface area contributed by atoms with Gasteiger partial charge in [-0.3, -0.25) is 10.5 Å². The summed E-state index contributed by atoms with van der Waals surface area (Å²) in [7, 11) is -1.95. The van der Waals surface area contributed by atoms with E-state index in [-0.39, 0.29) is 0 Å². The lowest BCUT2D eigenvalue weighted by molar-refractivity contribution is -0.245. The van der Waals surface area contributed by atoms with E-state index < -0.39 is 7.32 Å². The fraction of sp³-hybridized carbons (Fsp3) is 0.143. The fourth-order valence-corrected chi connectivity index (χ4v) is 1.81. The summed E-state index contributed by atoms with van der Waals surface area (Å²) in [5.74, 6) is 0. The van der Waals surface area contributed by atoms with Gasteiger partial charge in [0.25, 0.3) is 0 Å². The number of nitrogens with two attached hydrogens (primary N) is 1. The number of benzene rings is 2. The molecule has 2 aromatic carbocycles. The third-order valence-electron chi connectivity index (χ3n) is 2.70. The first-order valence-corrected chi connectivity index (χ1v) is 6.34. The van der Waals surface area contributed by atoms with Gasteiger partial charge in [0.05, 0.1) is 0 Å². The van der Waals surface area contributed by atoms with Crippen LogP contribution in [0.2, 0.25) is 0 Å². The first-order chi connectivity index (χ1) is 10.2. The van der Waals surface area contributed by atoms with Gasteiger partial charge in [-0.2, -0.15) is 0 Å². The highest BCUT2D eigenvalue weighted by Crippen LogP contribution is 2.23. The average molecular weight is 291 g/mol. The molecule has 0 aromatic heterocycles. The highest BCUT2D eigenvalue weighted by atomic mass is 17.2. The molecule has 0 fully saturated rings. The zero-order chi connectivity index (χ0) is 15.5. The summed E-state index contributed by atoms with van der Waals surface area (Å²) >= 11 is 0. The molecule has 112 valence electrons. The number of rotatable bonds is 5. The first kappa shape index (κ1) is 17.3. The summed E-state index contributed by atoms with van der Waals surface area (Å²) in [6.07, 6.45) is 0.936. The molecule has 2 aromatic rings. The largest absolute Gasteiger partial charge is 0.693 e. The molecule has 0 bridgehead atoms. The lowest BCUT2D eigenvalue weighted by Crippen LogP contribution is -2.18. The maximum absolute atomic E-state index is 7.72. The molecule has 0 aliphatic carbocycles. The van der Waals surface area contributed by atoms with Crippen LogP contribution in [0.25, 0.3) is 11.1 Å². The van der Waals surface area contributed by atoms with Crippen LogP contribution in [0.5, 0.6) is 0 Å². The Bertz CT molecular complexity index is 508. The minimum atomic E-state index is -1.95. The Labute approximate surface area is 123 Å². The molecule has 6 nitrogen and oxygen atoms in total. The number of hydrogen-bond acceptors (Lipinski definition) is 6. The molecular weight excluding hydrogens is 273 g/mol. The van der Waals surface area contributed by atoms with E-state index in [1.807, 2.05) is 6.07 Å². The zero-order valence-corrected chi connectivity index (χ0v) is 11.4. The lowest BCUT2D eigenvalue weighted by Gasteiger charge is -2.08. The Morgan fingerprint density at radius 1 is 0.905 bits per heavy atom. The van der Waals surface area contributed by atoms with Crippen LogP contribution in [0, 0.1) is 0 Å². The molecule has 0 radical (unpaired) electrons. The second-order valence-corrected chi connectivity index (χ2v) is 4.08. The second kappa shape index (κ2) is 10.1. The third kappa shape index (κ3) is 6.05. The summed E-state index contributed by atoms with van der Waals surface area (Å²) in [6, 6.07) is 18.9. The van der Waals surface area contributed by atoms with E-state index in [0.717, 1.165) is 6.42 Å². The van der Waals surface area contributed by atoms with Crippen molar-refractivity contribution in [1.82, 2.24) is 0 Å². The van der Waals surface area contributed by atoms with Gasteiger partial charge in [0.2, 0.25) is 0 Å². The fourth-order valence-electron chi connectivity index (χ4n) is 1.81. The standard InChI is InChI=1S/C14H15N.BH3O5/c15-11-10-13-8-4-5-9-14(13)12-6-2-1-3-7-12;2-1(5-3)6-4/h1-9H,10-11,15H2;2-4H. The van der Waals surface area contributed by atoms with Crippen LogP contribution < -0.4 is 5.73 Å². The molecule has 0 spiro atoms. The van der Waals surface area contributed by atoms with E-state index in [4.69, 9.17) is 21.3 Å². The molecule has 5 N–H and O–H groups in total. The molecule has 7 heteroatoms. The van der Waals surface area contributed by atoms with Gasteiger partial charge in [0.1, 0.15) is 0 Å². The van der Waals surface area contributed by atoms with Gasteiger partial charge in [-0.1, -0.05) is 54.6 Å². The maximum Gasteiger partial charge on any atom is 0.693 e. The van der Waals surface area contributed by atoms with Crippen LogP contribution in [-0.2, 0) is 16.0 Å². The van der Waals surface area contributed by atoms with Crippen molar-refractivity contribution in [2.24, 2.45) is 5.73 Å². The average Bonchev–Trinajstić information content (AvgIpc) is 2.56. The van der Waals surface area contributed by atoms with E-state index >= 15 is 0 Å². The lowest BCUT2D eigenvalue weighted by atomic mass is 9.98. The minimum Gasteiger partial charge on any atom is -0.399 e. The maximum atomic E-state index is 7.72. The highest BCUT2D eigenvalue weighted by molar-refractivity contribution is 6.33. The Morgan fingerprint density at radius 2 is 1.48 bits per heavy atom. The van der Waals surface area contributed by atoms with Gasteiger partial charge in [-0.05, 0) is 29.7 Å². The highest BCUT2D eigenvalue weighted by Gasteiger charge is 2.12. The van der Waals surface area contributed by atoms with Crippen LogP contribution >= 0.6 is 0 Å².